The second kappa shape index (κ2) is 6.73. The number of benzene rings is 1. The second-order valence-electron chi connectivity index (χ2n) is 6.64. The Labute approximate surface area is 140 Å². The van der Waals surface area contributed by atoms with Crippen LogP contribution in [-0.2, 0) is 0 Å². The van der Waals surface area contributed by atoms with Crippen LogP contribution in [0.2, 0.25) is 0 Å². The minimum absolute atomic E-state index is 0.0497. The van der Waals surface area contributed by atoms with Gasteiger partial charge in [0.25, 0.3) is 5.52 Å². The van der Waals surface area contributed by atoms with E-state index in [9.17, 15) is 14.9 Å². The number of carbonyl (C=O) groups excluding carboxylic acids is 1. The molecule has 6 nitrogen and oxygen atoms in total. The zero-order chi connectivity index (χ0) is 17.3. The third kappa shape index (κ3) is 2.94. The number of rotatable bonds is 4. The Morgan fingerprint density at radius 1 is 1.29 bits per heavy atom. The number of fused-ring (bicyclic) bond motifs is 1. The van der Waals surface area contributed by atoms with Crippen molar-refractivity contribution in [2.45, 2.75) is 45.1 Å². The number of aromatic nitrogens is 2. The fourth-order valence-corrected chi connectivity index (χ4v) is 3.62. The van der Waals surface area contributed by atoms with Crippen molar-refractivity contribution in [1.29, 1.82) is 0 Å². The molecule has 0 unspecified atom stereocenters. The summed E-state index contributed by atoms with van der Waals surface area (Å²) in [6, 6.07) is 6.93. The standard InChI is InChI=1S/C18H23N3O3/c1-13-18(17(22)12-19(2)14-8-4-3-5-9-14)21(24)16-11-7-6-10-15(16)20(13)23/h6-7,10-11,14H,3-5,8-9,12H2,1-2H3. The van der Waals surface area contributed by atoms with Crippen molar-refractivity contribution in [3.8, 4) is 0 Å². The zero-order valence-corrected chi connectivity index (χ0v) is 14.2. The van der Waals surface area contributed by atoms with Crippen molar-refractivity contribution in [2.75, 3.05) is 13.6 Å². The lowest BCUT2D eigenvalue weighted by molar-refractivity contribution is -0.468. The molecule has 0 N–H and O–H groups in total. The summed E-state index contributed by atoms with van der Waals surface area (Å²) in [5, 5.41) is 12.4. The van der Waals surface area contributed by atoms with Crippen molar-refractivity contribution < 1.29 is 9.22 Å². The number of nitrogens with zero attached hydrogens (tertiary/aromatic N) is 3. The van der Waals surface area contributed by atoms with Crippen LogP contribution < -0.4 is 4.43 Å². The van der Waals surface area contributed by atoms with Gasteiger partial charge >= 0.3 is 5.69 Å². The van der Waals surface area contributed by atoms with Gasteiger partial charge in [-0.05, 0) is 32.9 Å². The van der Waals surface area contributed by atoms with E-state index in [-0.39, 0.29) is 34.7 Å². The van der Waals surface area contributed by atoms with Crippen LogP contribution in [0.1, 0.15) is 48.3 Å². The average Bonchev–Trinajstić information content (AvgIpc) is 2.60. The summed E-state index contributed by atoms with van der Waals surface area (Å²) in [4.78, 5) is 27.4. The molecule has 0 atom stereocenters. The van der Waals surface area contributed by atoms with Gasteiger partial charge in [0.1, 0.15) is 5.52 Å². The maximum atomic E-state index is 12.7. The molecule has 0 bridgehead atoms. The van der Waals surface area contributed by atoms with Crippen molar-refractivity contribution in [3.63, 3.8) is 0 Å². The van der Waals surface area contributed by atoms with Gasteiger partial charge in [-0.25, -0.2) is 0 Å². The third-order valence-electron chi connectivity index (χ3n) is 5.02. The summed E-state index contributed by atoms with van der Waals surface area (Å²) < 4.78 is 1.29. The predicted molar refractivity (Wildman–Crippen MR) is 92.6 cm³/mol. The van der Waals surface area contributed by atoms with E-state index in [4.69, 9.17) is 0 Å². The summed E-state index contributed by atoms with van der Waals surface area (Å²) >= 11 is 0. The van der Waals surface area contributed by atoms with E-state index in [1.54, 1.807) is 24.3 Å². The Hall–Kier alpha value is -2.21. The molecule has 3 rings (SSSR count). The van der Waals surface area contributed by atoms with Crippen LogP contribution in [0, 0.1) is 17.0 Å². The molecule has 0 saturated heterocycles. The maximum absolute atomic E-state index is 12.7. The van der Waals surface area contributed by atoms with Crippen LogP contribution in [0.3, 0.4) is 0 Å². The lowest BCUT2D eigenvalue weighted by Gasteiger charge is -2.30. The molecule has 0 amide bonds. The van der Waals surface area contributed by atoms with Crippen molar-refractivity contribution in [3.05, 3.63) is 45.8 Å². The van der Waals surface area contributed by atoms with Crippen molar-refractivity contribution >= 4 is 16.8 Å². The molecule has 128 valence electrons. The highest BCUT2D eigenvalue weighted by Gasteiger charge is 2.29. The molecule has 0 aliphatic heterocycles. The Bertz CT molecular complexity index is 822. The smallest absolute Gasteiger partial charge is 0.326 e. The van der Waals surface area contributed by atoms with Crippen LogP contribution in [0.4, 0.5) is 0 Å². The molecule has 0 radical (unpaired) electrons. The first-order valence-electron chi connectivity index (χ1n) is 8.48. The van der Waals surface area contributed by atoms with Gasteiger partial charge in [0.15, 0.2) is 0 Å². The highest BCUT2D eigenvalue weighted by molar-refractivity contribution is 5.96. The second-order valence-corrected chi connectivity index (χ2v) is 6.64. The van der Waals surface area contributed by atoms with E-state index < -0.39 is 0 Å². The highest BCUT2D eigenvalue weighted by atomic mass is 16.5. The highest BCUT2D eigenvalue weighted by Crippen LogP contribution is 2.22. The van der Waals surface area contributed by atoms with E-state index in [2.05, 4.69) is 0 Å². The molecular formula is C18H23N3O3. The molecule has 1 aromatic heterocycles. The molecule has 1 heterocycles. The molecule has 2 aromatic rings. The molecule has 1 aliphatic rings. The SMILES string of the molecule is Cc1c(C(=O)CN(C)C2CCCCC2)[n+](=O)c2ccccc2n1[O-]. The normalized spacial score (nSPS) is 16.0. The molecule has 1 fully saturated rings. The van der Waals surface area contributed by atoms with Gasteiger partial charge < -0.3 is 9.94 Å². The molecular weight excluding hydrogens is 306 g/mol. The van der Waals surface area contributed by atoms with E-state index in [1.807, 2.05) is 11.9 Å². The van der Waals surface area contributed by atoms with E-state index in [0.29, 0.717) is 15.2 Å². The van der Waals surface area contributed by atoms with Crippen LogP contribution in [0.5, 0.6) is 0 Å². The summed E-state index contributed by atoms with van der Waals surface area (Å²) in [6.45, 7) is 1.69. The fourth-order valence-electron chi connectivity index (χ4n) is 3.62. The Morgan fingerprint density at radius 2 is 1.96 bits per heavy atom. The Kier molecular flexibility index (Phi) is 4.66. The number of hydrogen-bond acceptors (Lipinski definition) is 4. The Morgan fingerprint density at radius 3 is 2.67 bits per heavy atom. The minimum Gasteiger partial charge on any atom is -0.805 e. The monoisotopic (exact) mass is 329 g/mol. The first-order chi connectivity index (χ1) is 11.5. The fraction of sp³-hybridized carbons (Fsp3) is 0.500. The predicted octanol–water partition coefficient (Wildman–Crippen LogP) is 2.66. The van der Waals surface area contributed by atoms with Gasteiger partial charge in [0, 0.05) is 17.0 Å². The van der Waals surface area contributed by atoms with E-state index in [0.717, 1.165) is 12.8 Å². The number of para-hydroxylation sites is 2. The van der Waals surface area contributed by atoms with Crippen LogP contribution in [0.25, 0.3) is 11.0 Å². The number of likely N-dealkylation sites (N-methyl/N-ethyl adjacent to an activating group) is 1. The lowest BCUT2D eigenvalue weighted by Crippen LogP contribution is -2.40. The van der Waals surface area contributed by atoms with Gasteiger partial charge in [-0.2, -0.15) is 0 Å². The quantitative estimate of drug-likeness (QED) is 0.638. The first-order valence-corrected chi connectivity index (χ1v) is 8.48. The van der Waals surface area contributed by atoms with Crippen LogP contribution in [0.15, 0.2) is 24.3 Å². The van der Waals surface area contributed by atoms with Crippen molar-refractivity contribution in [2.24, 2.45) is 0 Å². The number of Topliss-reactive ketones (excluding diaryl/α,β-unsaturated/α-hetero) is 1. The van der Waals surface area contributed by atoms with Crippen LogP contribution >= 0.6 is 0 Å². The molecule has 24 heavy (non-hydrogen) atoms. The molecule has 1 aliphatic carbocycles. The van der Waals surface area contributed by atoms with Crippen LogP contribution in [-0.4, -0.2) is 35.0 Å². The third-order valence-corrected chi connectivity index (χ3v) is 5.02. The number of carbonyl (C=O) groups is 1. The molecule has 1 aromatic carbocycles. The van der Waals surface area contributed by atoms with E-state index >= 15 is 0 Å². The van der Waals surface area contributed by atoms with E-state index in [1.165, 1.54) is 26.2 Å². The zero-order valence-electron chi connectivity index (χ0n) is 14.2. The maximum Gasteiger partial charge on any atom is 0.326 e. The average molecular weight is 329 g/mol. The molecule has 1 saturated carbocycles. The summed E-state index contributed by atoms with van der Waals surface area (Å²) in [7, 11) is 1.92. The number of ketones is 1. The Balaban J connectivity index is 1.93. The molecule has 0 spiro atoms. The summed E-state index contributed by atoms with van der Waals surface area (Å²) in [5.41, 5.74) is 0.612. The largest absolute Gasteiger partial charge is 0.805 e. The van der Waals surface area contributed by atoms with Gasteiger partial charge in [0.05, 0.1) is 16.7 Å². The topological polar surface area (TPSA) is 71.3 Å². The first kappa shape index (κ1) is 16.6. The van der Waals surface area contributed by atoms with Gasteiger partial charge in [-0.3, -0.25) is 9.69 Å². The lowest BCUT2D eigenvalue weighted by atomic mass is 9.94. The van der Waals surface area contributed by atoms with Gasteiger partial charge in [-0.1, -0.05) is 31.4 Å². The summed E-state index contributed by atoms with van der Waals surface area (Å²) in [5.74, 6) is -0.300. The van der Waals surface area contributed by atoms with Gasteiger partial charge in [-0.15, -0.1) is 0 Å². The molecule has 6 heteroatoms. The van der Waals surface area contributed by atoms with Crippen molar-refractivity contribution in [1.82, 2.24) is 9.63 Å². The van der Waals surface area contributed by atoms with Gasteiger partial charge in [0.2, 0.25) is 5.78 Å². The minimum atomic E-state index is -0.300. The summed E-state index contributed by atoms with van der Waals surface area (Å²) in [6.07, 6.45) is 5.78. The number of hydrogen-bond donors (Lipinski definition) is 0.